The number of hydrogen-bond acceptors (Lipinski definition) is 5. The molecule has 0 aliphatic heterocycles. The molecule has 72 valence electrons. The predicted octanol–water partition coefficient (Wildman–Crippen LogP) is 0.433. The smallest absolute Gasteiger partial charge is 0.351 e. The van der Waals surface area contributed by atoms with Gasteiger partial charge in [0, 0.05) is 0 Å². The number of furan rings is 1. The van der Waals surface area contributed by atoms with Crippen LogP contribution < -0.4 is 10.4 Å². The number of aromatic amines is 1. The van der Waals surface area contributed by atoms with Gasteiger partial charge in [0.15, 0.2) is 11.6 Å². The van der Waals surface area contributed by atoms with E-state index in [0.29, 0.717) is 11.6 Å². The van der Waals surface area contributed by atoms with Crippen LogP contribution in [0.25, 0.3) is 11.6 Å². The molecule has 14 heavy (non-hydrogen) atoms. The van der Waals surface area contributed by atoms with Crippen LogP contribution in [0.15, 0.2) is 27.6 Å². The Kier molecular flexibility index (Phi) is 2.02. The van der Waals surface area contributed by atoms with Crippen molar-refractivity contribution in [3.63, 3.8) is 0 Å². The summed E-state index contributed by atoms with van der Waals surface area (Å²) in [5, 5.41) is 0. The lowest BCUT2D eigenvalue weighted by atomic mass is 10.4. The number of methoxy groups -OCH3 is 1. The number of aromatic nitrogens is 3. The molecule has 0 radical (unpaired) electrons. The first-order valence-electron chi connectivity index (χ1n) is 3.86. The van der Waals surface area contributed by atoms with Crippen molar-refractivity contribution in [2.45, 2.75) is 0 Å². The SMILES string of the molecule is COc1nc(-c2ccco2)[nH]c(=O)n1. The first kappa shape index (κ1) is 8.49. The van der Waals surface area contributed by atoms with Crippen molar-refractivity contribution in [1.82, 2.24) is 15.0 Å². The van der Waals surface area contributed by atoms with Crippen molar-refractivity contribution < 1.29 is 9.15 Å². The van der Waals surface area contributed by atoms with E-state index in [4.69, 9.17) is 9.15 Å². The average Bonchev–Trinajstić information content (AvgIpc) is 2.69. The summed E-state index contributed by atoms with van der Waals surface area (Å²) in [6.07, 6.45) is 1.49. The van der Waals surface area contributed by atoms with Crippen molar-refractivity contribution in [3.05, 3.63) is 28.9 Å². The normalized spacial score (nSPS) is 10.1. The van der Waals surface area contributed by atoms with Gasteiger partial charge in [0.2, 0.25) is 0 Å². The monoisotopic (exact) mass is 193 g/mol. The van der Waals surface area contributed by atoms with Crippen molar-refractivity contribution >= 4 is 0 Å². The highest BCUT2D eigenvalue weighted by molar-refractivity contribution is 5.45. The molecule has 2 aromatic rings. The molecule has 0 aliphatic rings. The molecule has 6 nitrogen and oxygen atoms in total. The fourth-order valence-corrected chi connectivity index (χ4v) is 0.986. The second-order valence-corrected chi connectivity index (χ2v) is 2.47. The fourth-order valence-electron chi connectivity index (χ4n) is 0.986. The molecular formula is C8H7N3O3. The third kappa shape index (κ3) is 1.49. The highest BCUT2D eigenvalue weighted by Gasteiger charge is 2.06. The molecule has 0 fully saturated rings. The highest BCUT2D eigenvalue weighted by Crippen LogP contribution is 2.14. The van der Waals surface area contributed by atoms with Gasteiger partial charge in [-0.2, -0.15) is 4.98 Å². The predicted molar refractivity (Wildman–Crippen MR) is 46.9 cm³/mol. The highest BCUT2D eigenvalue weighted by atomic mass is 16.5. The molecule has 2 rings (SSSR count). The summed E-state index contributed by atoms with van der Waals surface area (Å²) in [6, 6.07) is 3.39. The minimum Gasteiger partial charge on any atom is -0.467 e. The number of ether oxygens (including phenoxy) is 1. The Morgan fingerprint density at radius 3 is 3.00 bits per heavy atom. The molecule has 0 saturated heterocycles. The maximum atomic E-state index is 11.0. The van der Waals surface area contributed by atoms with Gasteiger partial charge in [-0.25, -0.2) is 4.79 Å². The zero-order chi connectivity index (χ0) is 9.97. The Labute approximate surface area is 78.6 Å². The van der Waals surface area contributed by atoms with Gasteiger partial charge < -0.3 is 9.15 Å². The Hall–Kier alpha value is -2.11. The summed E-state index contributed by atoms with van der Waals surface area (Å²) >= 11 is 0. The van der Waals surface area contributed by atoms with Crippen LogP contribution >= 0.6 is 0 Å². The number of H-pyrrole nitrogens is 1. The molecule has 1 N–H and O–H groups in total. The Morgan fingerprint density at radius 2 is 2.36 bits per heavy atom. The molecule has 0 bridgehead atoms. The van der Waals surface area contributed by atoms with Crippen molar-refractivity contribution in [2.24, 2.45) is 0 Å². The lowest BCUT2D eigenvalue weighted by Gasteiger charge is -1.98. The number of nitrogens with one attached hydrogen (secondary N) is 1. The molecule has 0 unspecified atom stereocenters. The molecule has 2 heterocycles. The van der Waals surface area contributed by atoms with E-state index in [9.17, 15) is 4.79 Å². The van der Waals surface area contributed by atoms with Gasteiger partial charge in [-0.15, -0.1) is 4.98 Å². The van der Waals surface area contributed by atoms with E-state index in [0.717, 1.165) is 0 Å². The molecule has 0 spiro atoms. The van der Waals surface area contributed by atoms with Crippen molar-refractivity contribution in [3.8, 4) is 17.6 Å². The van der Waals surface area contributed by atoms with Gasteiger partial charge in [0.25, 0.3) is 0 Å². The zero-order valence-corrected chi connectivity index (χ0v) is 7.35. The second-order valence-electron chi connectivity index (χ2n) is 2.47. The fraction of sp³-hybridized carbons (Fsp3) is 0.125. The van der Waals surface area contributed by atoms with Crippen LogP contribution in [-0.4, -0.2) is 22.1 Å². The van der Waals surface area contributed by atoms with Crippen LogP contribution in [0.3, 0.4) is 0 Å². The molecular weight excluding hydrogens is 186 g/mol. The second kappa shape index (κ2) is 3.33. The topological polar surface area (TPSA) is 81.0 Å². The third-order valence-electron chi connectivity index (χ3n) is 1.57. The van der Waals surface area contributed by atoms with Crippen LogP contribution in [0, 0.1) is 0 Å². The average molecular weight is 193 g/mol. The first-order chi connectivity index (χ1) is 6.79. The van der Waals surface area contributed by atoms with E-state index in [-0.39, 0.29) is 6.01 Å². The molecule has 0 saturated carbocycles. The Morgan fingerprint density at radius 1 is 1.50 bits per heavy atom. The van der Waals surface area contributed by atoms with E-state index >= 15 is 0 Å². The van der Waals surface area contributed by atoms with Crippen LogP contribution in [-0.2, 0) is 0 Å². The summed E-state index contributed by atoms with van der Waals surface area (Å²) < 4.78 is 9.81. The quantitative estimate of drug-likeness (QED) is 0.748. The van der Waals surface area contributed by atoms with E-state index in [1.165, 1.54) is 13.4 Å². The molecule has 0 aromatic carbocycles. The van der Waals surface area contributed by atoms with Crippen molar-refractivity contribution in [2.75, 3.05) is 7.11 Å². The van der Waals surface area contributed by atoms with Gasteiger partial charge in [-0.1, -0.05) is 0 Å². The summed E-state index contributed by atoms with van der Waals surface area (Å²) in [6.45, 7) is 0. The van der Waals surface area contributed by atoms with E-state index in [2.05, 4.69) is 15.0 Å². The molecule has 2 aromatic heterocycles. The van der Waals surface area contributed by atoms with Crippen molar-refractivity contribution in [1.29, 1.82) is 0 Å². The molecule has 6 heteroatoms. The summed E-state index contributed by atoms with van der Waals surface area (Å²) in [5.74, 6) is 0.759. The number of rotatable bonds is 2. The lowest BCUT2D eigenvalue weighted by molar-refractivity contribution is 0.376. The van der Waals surface area contributed by atoms with E-state index < -0.39 is 5.69 Å². The largest absolute Gasteiger partial charge is 0.467 e. The van der Waals surface area contributed by atoms with Crippen LogP contribution in [0.2, 0.25) is 0 Å². The van der Waals surface area contributed by atoms with Gasteiger partial charge in [0.05, 0.1) is 13.4 Å². The summed E-state index contributed by atoms with van der Waals surface area (Å²) in [5.41, 5.74) is -0.525. The van der Waals surface area contributed by atoms with Crippen LogP contribution in [0.4, 0.5) is 0 Å². The molecule has 0 atom stereocenters. The number of nitrogens with zero attached hydrogens (tertiary/aromatic N) is 2. The van der Waals surface area contributed by atoms with Gasteiger partial charge >= 0.3 is 11.7 Å². The standard InChI is InChI=1S/C8H7N3O3/c1-13-8-10-6(9-7(12)11-8)5-3-2-4-14-5/h2-4H,1H3,(H,9,10,11,12). The first-order valence-corrected chi connectivity index (χ1v) is 3.86. The van der Waals surface area contributed by atoms with Gasteiger partial charge in [0.1, 0.15) is 0 Å². The van der Waals surface area contributed by atoms with Gasteiger partial charge in [-0.05, 0) is 12.1 Å². The number of hydrogen-bond donors (Lipinski definition) is 1. The third-order valence-corrected chi connectivity index (χ3v) is 1.57. The lowest BCUT2D eigenvalue weighted by Crippen LogP contribution is -2.13. The van der Waals surface area contributed by atoms with E-state index in [1.807, 2.05) is 0 Å². The minimum atomic E-state index is -0.525. The summed E-state index contributed by atoms with van der Waals surface area (Å²) in [4.78, 5) is 20.9. The van der Waals surface area contributed by atoms with Crippen LogP contribution in [0.1, 0.15) is 0 Å². The Bertz CT molecular complexity index is 475. The maximum Gasteiger partial charge on any atom is 0.351 e. The summed E-state index contributed by atoms with van der Waals surface area (Å²) in [7, 11) is 1.39. The zero-order valence-electron chi connectivity index (χ0n) is 7.35. The van der Waals surface area contributed by atoms with Gasteiger partial charge in [-0.3, -0.25) is 4.98 Å². The van der Waals surface area contributed by atoms with E-state index in [1.54, 1.807) is 12.1 Å². The molecule has 0 amide bonds. The van der Waals surface area contributed by atoms with Crippen LogP contribution in [0.5, 0.6) is 6.01 Å². The molecule has 0 aliphatic carbocycles. The minimum absolute atomic E-state index is 0.0140. The maximum absolute atomic E-state index is 11.0. The Balaban J connectivity index is 2.54.